The van der Waals surface area contributed by atoms with E-state index in [1.165, 1.54) is 12.1 Å². The zero-order valence-electron chi connectivity index (χ0n) is 12.1. The molecule has 2 aromatic heterocycles. The Morgan fingerprint density at radius 1 is 1.24 bits per heavy atom. The summed E-state index contributed by atoms with van der Waals surface area (Å²) in [6, 6.07) is 10.4. The van der Waals surface area contributed by atoms with E-state index in [0.29, 0.717) is 5.58 Å². The van der Waals surface area contributed by atoms with Crippen LogP contribution >= 0.6 is 0 Å². The number of hydrogen-bond donors (Lipinski definition) is 1. The number of rotatable bonds is 4. The highest BCUT2D eigenvalue weighted by Crippen LogP contribution is 2.28. The van der Waals surface area contributed by atoms with Gasteiger partial charge in [0.1, 0.15) is 17.2 Å². The number of aromatic nitrogens is 1. The summed E-state index contributed by atoms with van der Waals surface area (Å²) in [5, 5.41) is 4.15. The molecule has 0 bridgehead atoms. The molecular formula is C17H17FN2O. The molecule has 2 heterocycles. The van der Waals surface area contributed by atoms with Crippen LogP contribution < -0.4 is 5.32 Å². The van der Waals surface area contributed by atoms with Gasteiger partial charge in [-0.25, -0.2) is 4.39 Å². The van der Waals surface area contributed by atoms with Crippen LogP contribution in [0.15, 0.2) is 47.0 Å². The Bertz CT molecular complexity index is 749. The Morgan fingerprint density at radius 2 is 2.10 bits per heavy atom. The molecule has 1 atom stereocenters. The van der Waals surface area contributed by atoms with Crippen LogP contribution in [0, 0.1) is 12.7 Å². The predicted molar refractivity (Wildman–Crippen MR) is 80.7 cm³/mol. The molecule has 0 amide bonds. The van der Waals surface area contributed by atoms with Gasteiger partial charge in [-0.05, 0) is 49.4 Å². The van der Waals surface area contributed by atoms with E-state index in [1.54, 1.807) is 6.07 Å². The molecule has 3 aromatic rings. The second kappa shape index (κ2) is 5.66. The molecule has 0 spiro atoms. The average molecular weight is 284 g/mol. The number of nitrogens with zero attached hydrogens (tertiary/aromatic N) is 1. The van der Waals surface area contributed by atoms with Gasteiger partial charge in [-0.3, -0.25) is 4.98 Å². The summed E-state index contributed by atoms with van der Waals surface area (Å²) in [6.45, 7) is 4.79. The summed E-state index contributed by atoms with van der Waals surface area (Å²) in [6.07, 6.45) is 1.84. The standard InChI is InChI=1S/C17H17FN2O/c1-3-19-17(12-5-4-11(2)20-10-12)16-9-13-8-14(18)6-7-15(13)21-16/h4-10,17,19H,3H2,1-2H3. The summed E-state index contributed by atoms with van der Waals surface area (Å²) in [5.41, 5.74) is 2.69. The van der Waals surface area contributed by atoms with Crippen LogP contribution in [0.1, 0.15) is 30.0 Å². The summed E-state index contributed by atoms with van der Waals surface area (Å²) in [7, 11) is 0. The van der Waals surface area contributed by atoms with Crippen LogP contribution in [-0.2, 0) is 0 Å². The molecule has 1 aromatic carbocycles. The Kier molecular flexibility index (Phi) is 3.71. The highest BCUT2D eigenvalue weighted by molar-refractivity contribution is 5.78. The molecule has 0 radical (unpaired) electrons. The van der Waals surface area contributed by atoms with Gasteiger partial charge in [-0.15, -0.1) is 0 Å². The molecule has 0 aliphatic rings. The molecule has 0 fully saturated rings. The van der Waals surface area contributed by atoms with Crippen molar-refractivity contribution < 1.29 is 8.81 Å². The Balaban J connectivity index is 2.04. The molecule has 1 unspecified atom stereocenters. The van der Waals surface area contributed by atoms with Crippen molar-refractivity contribution in [2.24, 2.45) is 0 Å². The van der Waals surface area contributed by atoms with Gasteiger partial charge in [-0.1, -0.05) is 13.0 Å². The topological polar surface area (TPSA) is 38.1 Å². The van der Waals surface area contributed by atoms with Crippen LogP contribution in [0.5, 0.6) is 0 Å². The molecule has 3 nitrogen and oxygen atoms in total. The first kappa shape index (κ1) is 13.8. The van der Waals surface area contributed by atoms with Gasteiger partial charge >= 0.3 is 0 Å². The largest absolute Gasteiger partial charge is 0.459 e. The first-order valence-electron chi connectivity index (χ1n) is 7.02. The Hall–Kier alpha value is -2.20. The van der Waals surface area contributed by atoms with E-state index in [1.807, 2.05) is 38.2 Å². The number of halogens is 1. The number of hydrogen-bond acceptors (Lipinski definition) is 3. The van der Waals surface area contributed by atoms with Crippen molar-refractivity contribution in [1.82, 2.24) is 10.3 Å². The number of pyridine rings is 1. The van der Waals surface area contributed by atoms with Crippen molar-refractivity contribution in [3.8, 4) is 0 Å². The third-order valence-electron chi connectivity index (χ3n) is 3.46. The van der Waals surface area contributed by atoms with E-state index in [9.17, 15) is 4.39 Å². The van der Waals surface area contributed by atoms with Crippen molar-refractivity contribution in [1.29, 1.82) is 0 Å². The van der Waals surface area contributed by atoms with E-state index in [0.717, 1.165) is 28.9 Å². The van der Waals surface area contributed by atoms with Crippen molar-refractivity contribution in [3.63, 3.8) is 0 Å². The molecule has 0 aliphatic carbocycles. The SMILES string of the molecule is CCNC(c1ccc(C)nc1)c1cc2cc(F)ccc2o1. The highest BCUT2D eigenvalue weighted by Gasteiger charge is 2.18. The number of aryl methyl sites for hydroxylation is 1. The van der Waals surface area contributed by atoms with E-state index < -0.39 is 0 Å². The molecule has 3 rings (SSSR count). The first-order valence-corrected chi connectivity index (χ1v) is 7.02. The number of benzene rings is 1. The molecule has 108 valence electrons. The minimum absolute atomic E-state index is 0.0847. The fraction of sp³-hybridized carbons (Fsp3) is 0.235. The molecule has 0 saturated heterocycles. The second-order valence-corrected chi connectivity index (χ2v) is 5.05. The van der Waals surface area contributed by atoms with Crippen LogP contribution in [-0.4, -0.2) is 11.5 Å². The average Bonchev–Trinajstić information content (AvgIpc) is 2.88. The zero-order chi connectivity index (χ0) is 14.8. The van der Waals surface area contributed by atoms with Crippen molar-refractivity contribution in [2.75, 3.05) is 6.54 Å². The van der Waals surface area contributed by atoms with Crippen LogP contribution in [0.2, 0.25) is 0 Å². The van der Waals surface area contributed by atoms with Gasteiger partial charge in [0.25, 0.3) is 0 Å². The minimum Gasteiger partial charge on any atom is -0.459 e. The number of furan rings is 1. The summed E-state index contributed by atoms with van der Waals surface area (Å²) >= 11 is 0. The monoisotopic (exact) mass is 284 g/mol. The van der Waals surface area contributed by atoms with Crippen LogP contribution in [0.3, 0.4) is 0 Å². The Morgan fingerprint density at radius 3 is 2.81 bits per heavy atom. The molecule has 1 N–H and O–H groups in total. The molecular weight excluding hydrogens is 267 g/mol. The van der Waals surface area contributed by atoms with E-state index in [-0.39, 0.29) is 11.9 Å². The summed E-state index contributed by atoms with van der Waals surface area (Å²) in [5.74, 6) is 0.509. The molecule has 21 heavy (non-hydrogen) atoms. The predicted octanol–water partition coefficient (Wildman–Crippen LogP) is 3.97. The molecule has 0 aliphatic heterocycles. The van der Waals surface area contributed by atoms with Gasteiger partial charge in [-0.2, -0.15) is 0 Å². The number of nitrogens with one attached hydrogen (secondary N) is 1. The lowest BCUT2D eigenvalue weighted by Crippen LogP contribution is -2.21. The number of fused-ring (bicyclic) bond motifs is 1. The summed E-state index contributed by atoms with van der Waals surface area (Å²) in [4.78, 5) is 4.33. The van der Waals surface area contributed by atoms with Crippen molar-refractivity contribution in [3.05, 3.63) is 65.4 Å². The van der Waals surface area contributed by atoms with E-state index in [2.05, 4.69) is 10.3 Å². The zero-order valence-corrected chi connectivity index (χ0v) is 12.1. The molecule has 4 heteroatoms. The Labute approximate surface area is 122 Å². The van der Waals surface area contributed by atoms with Gasteiger partial charge in [0.05, 0.1) is 6.04 Å². The maximum atomic E-state index is 13.3. The lowest BCUT2D eigenvalue weighted by Gasteiger charge is -2.15. The van der Waals surface area contributed by atoms with Gasteiger partial charge in [0.15, 0.2) is 0 Å². The van der Waals surface area contributed by atoms with Crippen molar-refractivity contribution in [2.45, 2.75) is 19.9 Å². The highest BCUT2D eigenvalue weighted by atomic mass is 19.1. The quantitative estimate of drug-likeness (QED) is 0.787. The van der Waals surface area contributed by atoms with Gasteiger partial charge in [0.2, 0.25) is 0 Å². The third-order valence-corrected chi connectivity index (χ3v) is 3.46. The lowest BCUT2D eigenvalue weighted by molar-refractivity contribution is 0.476. The van der Waals surface area contributed by atoms with E-state index in [4.69, 9.17) is 4.42 Å². The maximum absolute atomic E-state index is 13.3. The first-order chi connectivity index (χ1) is 10.2. The second-order valence-electron chi connectivity index (χ2n) is 5.05. The van der Waals surface area contributed by atoms with Crippen molar-refractivity contribution >= 4 is 11.0 Å². The minimum atomic E-state index is -0.258. The summed E-state index contributed by atoms with van der Waals surface area (Å²) < 4.78 is 19.2. The van der Waals surface area contributed by atoms with Gasteiger partial charge < -0.3 is 9.73 Å². The smallest absolute Gasteiger partial charge is 0.134 e. The van der Waals surface area contributed by atoms with Crippen LogP contribution in [0.4, 0.5) is 4.39 Å². The lowest BCUT2D eigenvalue weighted by atomic mass is 10.1. The fourth-order valence-corrected chi connectivity index (χ4v) is 2.41. The fourth-order valence-electron chi connectivity index (χ4n) is 2.41. The van der Waals surface area contributed by atoms with Gasteiger partial charge in [0, 0.05) is 17.3 Å². The van der Waals surface area contributed by atoms with Crippen LogP contribution in [0.25, 0.3) is 11.0 Å². The molecule has 0 saturated carbocycles. The maximum Gasteiger partial charge on any atom is 0.134 e. The normalized spacial score (nSPS) is 12.7. The third kappa shape index (κ3) is 2.81. The van der Waals surface area contributed by atoms with E-state index >= 15 is 0 Å².